The summed E-state index contributed by atoms with van der Waals surface area (Å²) in [6.07, 6.45) is 2.45. The number of hydrogen-bond acceptors (Lipinski definition) is 2. The van der Waals surface area contributed by atoms with Crippen LogP contribution in [0.25, 0.3) is 16.6 Å². The van der Waals surface area contributed by atoms with E-state index in [1.165, 1.54) is 40.8 Å². The molecule has 1 N–H and O–H groups in total. The van der Waals surface area contributed by atoms with E-state index in [-0.39, 0.29) is 32.4 Å². The van der Waals surface area contributed by atoms with E-state index in [0.717, 1.165) is 12.0 Å². The van der Waals surface area contributed by atoms with Crippen LogP contribution in [0, 0.1) is 11.7 Å². The number of nitrogens with zero attached hydrogens (tertiary/aromatic N) is 1. The Balaban J connectivity index is 1.99. The molecule has 168 valence electrons. The van der Waals surface area contributed by atoms with Gasteiger partial charge in [0.15, 0.2) is 5.82 Å². The van der Waals surface area contributed by atoms with Crippen LogP contribution in [0.2, 0.25) is 10.0 Å². The Hall–Kier alpha value is -3.15. The van der Waals surface area contributed by atoms with Crippen LogP contribution >= 0.6 is 23.2 Å². The second kappa shape index (κ2) is 9.00. The molecule has 2 heterocycles. The zero-order valence-electron chi connectivity index (χ0n) is 17.9. The third kappa shape index (κ3) is 4.26. The van der Waals surface area contributed by atoms with Gasteiger partial charge in [0.05, 0.1) is 26.7 Å². The van der Waals surface area contributed by atoms with Crippen LogP contribution in [0.1, 0.15) is 45.8 Å². The number of carbonyl (C=O) groups excluding carboxylic acids is 1. The zero-order valence-corrected chi connectivity index (χ0v) is 19.4. The first-order chi connectivity index (χ1) is 15.7. The number of fused-ring (bicyclic) bond motifs is 1. The van der Waals surface area contributed by atoms with Crippen LogP contribution in [0.5, 0.6) is 0 Å². The third-order valence-electron chi connectivity index (χ3n) is 5.41. The molecule has 0 aliphatic heterocycles. The number of hydrogen-bond donors (Lipinski definition) is 1. The molecule has 0 radical (unpaired) electrons. The van der Waals surface area contributed by atoms with Crippen molar-refractivity contribution < 1.29 is 19.1 Å². The minimum absolute atomic E-state index is 0.0261. The Labute approximate surface area is 200 Å². The lowest BCUT2D eigenvalue weighted by Crippen LogP contribution is -2.09. The number of aromatic carboxylic acids is 1. The average molecular weight is 484 g/mol. The lowest BCUT2D eigenvalue weighted by molar-refractivity contribution is 0.0696. The molecule has 0 bridgehead atoms. The van der Waals surface area contributed by atoms with Gasteiger partial charge in [0, 0.05) is 11.8 Å². The van der Waals surface area contributed by atoms with Gasteiger partial charge >= 0.3 is 5.97 Å². The van der Waals surface area contributed by atoms with Crippen molar-refractivity contribution in [2.75, 3.05) is 0 Å². The molecule has 4 rings (SSSR count). The second-order valence-corrected chi connectivity index (χ2v) is 9.05. The first-order valence-electron chi connectivity index (χ1n) is 10.3. The number of carboxylic acid groups (broad SMARTS) is 1. The van der Waals surface area contributed by atoms with E-state index in [4.69, 9.17) is 23.2 Å². The Bertz CT molecular complexity index is 1370. The quantitative estimate of drug-likeness (QED) is 0.295. The molecule has 33 heavy (non-hydrogen) atoms. The van der Waals surface area contributed by atoms with Gasteiger partial charge in [-0.05, 0) is 59.9 Å². The SMILES string of the molecule is CC(C)Cc1ccn2c(C(=O)c3c(Cl)cccc3Cl)c(F)c(-c3ccc(C(=O)O)cc3)c2c1. The molecule has 0 spiro atoms. The topological polar surface area (TPSA) is 58.8 Å². The Morgan fingerprint density at radius 1 is 1.03 bits per heavy atom. The fourth-order valence-electron chi connectivity index (χ4n) is 3.96. The molecular formula is C26H20Cl2FNO3. The fraction of sp³-hybridized carbons (Fsp3) is 0.154. The van der Waals surface area contributed by atoms with Crippen LogP contribution in [-0.4, -0.2) is 21.3 Å². The molecule has 4 nitrogen and oxygen atoms in total. The summed E-state index contributed by atoms with van der Waals surface area (Å²) in [7, 11) is 0. The molecule has 4 aromatic rings. The van der Waals surface area contributed by atoms with Gasteiger partial charge in [-0.25, -0.2) is 9.18 Å². The lowest BCUT2D eigenvalue weighted by atomic mass is 10.0. The maximum Gasteiger partial charge on any atom is 0.335 e. The summed E-state index contributed by atoms with van der Waals surface area (Å²) in [5.74, 6) is -2.05. The van der Waals surface area contributed by atoms with Crippen LogP contribution in [-0.2, 0) is 6.42 Å². The molecule has 0 atom stereocenters. The number of pyridine rings is 1. The van der Waals surface area contributed by atoms with Gasteiger partial charge in [-0.15, -0.1) is 0 Å². The standard InChI is InChI=1S/C26H20Cl2FNO3/c1-14(2)12-15-10-11-30-20(13-15)21(16-6-8-17(9-7-16)26(32)33)23(29)24(30)25(31)22-18(27)4-3-5-19(22)28/h3-11,13-14H,12H2,1-2H3,(H,32,33). The largest absolute Gasteiger partial charge is 0.478 e. The summed E-state index contributed by atoms with van der Waals surface area (Å²) < 4.78 is 17.5. The zero-order chi connectivity index (χ0) is 23.9. The number of aromatic nitrogens is 1. The first kappa shape index (κ1) is 23.0. The van der Waals surface area contributed by atoms with E-state index in [1.807, 2.05) is 12.1 Å². The van der Waals surface area contributed by atoms with E-state index in [9.17, 15) is 14.7 Å². The summed E-state index contributed by atoms with van der Waals surface area (Å²) in [5.41, 5.74) is 2.09. The van der Waals surface area contributed by atoms with E-state index >= 15 is 4.39 Å². The number of benzene rings is 2. The van der Waals surface area contributed by atoms with Crippen molar-refractivity contribution in [3.63, 3.8) is 0 Å². The Kier molecular flexibility index (Phi) is 6.28. The number of ketones is 1. The van der Waals surface area contributed by atoms with Crippen LogP contribution in [0.15, 0.2) is 60.8 Å². The van der Waals surface area contributed by atoms with Crippen LogP contribution in [0.4, 0.5) is 4.39 Å². The number of carboxylic acids is 1. The first-order valence-corrected chi connectivity index (χ1v) is 11.1. The molecule has 0 fully saturated rings. The van der Waals surface area contributed by atoms with Crippen molar-refractivity contribution in [3.8, 4) is 11.1 Å². The predicted octanol–water partition coefficient (Wildman–Crippen LogP) is 7.18. The van der Waals surface area contributed by atoms with Gasteiger partial charge in [0.2, 0.25) is 5.78 Å². The maximum absolute atomic E-state index is 16.0. The van der Waals surface area contributed by atoms with Gasteiger partial charge < -0.3 is 9.51 Å². The predicted molar refractivity (Wildman–Crippen MR) is 128 cm³/mol. The van der Waals surface area contributed by atoms with Crippen molar-refractivity contribution in [2.24, 2.45) is 5.92 Å². The molecule has 0 aliphatic carbocycles. The minimum atomic E-state index is -1.08. The molecule has 2 aromatic heterocycles. The van der Waals surface area contributed by atoms with Crippen LogP contribution < -0.4 is 0 Å². The van der Waals surface area contributed by atoms with Crippen molar-refractivity contribution in [1.29, 1.82) is 0 Å². The van der Waals surface area contributed by atoms with Crippen molar-refractivity contribution in [3.05, 3.63) is 99.0 Å². The van der Waals surface area contributed by atoms with Crippen molar-refractivity contribution >= 4 is 40.5 Å². The average Bonchev–Trinajstić information content (AvgIpc) is 3.04. The highest BCUT2D eigenvalue weighted by atomic mass is 35.5. The summed E-state index contributed by atoms with van der Waals surface area (Å²) >= 11 is 12.5. The number of rotatable bonds is 6. The highest BCUT2D eigenvalue weighted by Gasteiger charge is 2.28. The van der Waals surface area contributed by atoms with E-state index in [1.54, 1.807) is 12.3 Å². The summed E-state index contributed by atoms with van der Waals surface area (Å²) in [6, 6.07) is 14.3. The minimum Gasteiger partial charge on any atom is -0.478 e. The number of halogens is 3. The molecule has 7 heteroatoms. The molecule has 0 saturated heterocycles. The van der Waals surface area contributed by atoms with Crippen molar-refractivity contribution in [2.45, 2.75) is 20.3 Å². The smallest absolute Gasteiger partial charge is 0.335 e. The van der Waals surface area contributed by atoms with Gasteiger partial charge in [0.25, 0.3) is 0 Å². The van der Waals surface area contributed by atoms with Gasteiger partial charge in [-0.3, -0.25) is 4.79 Å². The maximum atomic E-state index is 16.0. The molecule has 2 aromatic carbocycles. The second-order valence-electron chi connectivity index (χ2n) is 8.23. The molecule has 0 saturated carbocycles. The Morgan fingerprint density at radius 2 is 1.67 bits per heavy atom. The monoisotopic (exact) mass is 483 g/mol. The van der Waals surface area contributed by atoms with E-state index < -0.39 is 17.6 Å². The van der Waals surface area contributed by atoms with Crippen molar-refractivity contribution in [1.82, 2.24) is 4.40 Å². The van der Waals surface area contributed by atoms with E-state index in [2.05, 4.69) is 13.8 Å². The summed E-state index contributed by atoms with van der Waals surface area (Å²) in [6.45, 7) is 4.17. The third-order valence-corrected chi connectivity index (χ3v) is 6.04. The highest BCUT2D eigenvalue weighted by Crippen LogP contribution is 2.36. The molecular weight excluding hydrogens is 464 g/mol. The van der Waals surface area contributed by atoms with E-state index in [0.29, 0.717) is 17.0 Å². The molecule has 0 unspecified atom stereocenters. The normalized spacial score (nSPS) is 11.3. The lowest BCUT2D eigenvalue weighted by Gasteiger charge is -2.09. The molecule has 0 amide bonds. The van der Waals surface area contributed by atoms with Gasteiger partial charge in [-0.1, -0.05) is 55.2 Å². The Morgan fingerprint density at radius 3 is 2.24 bits per heavy atom. The highest BCUT2D eigenvalue weighted by molar-refractivity contribution is 6.41. The summed E-state index contributed by atoms with van der Waals surface area (Å²) in [5, 5.41) is 9.46. The number of carbonyl (C=O) groups is 2. The molecule has 0 aliphatic rings. The summed E-state index contributed by atoms with van der Waals surface area (Å²) in [4.78, 5) is 24.7. The fourth-order valence-corrected chi connectivity index (χ4v) is 4.53. The van der Waals surface area contributed by atoms with Gasteiger partial charge in [0.1, 0.15) is 5.69 Å². The van der Waals surface area contributed by atoms with Gasteiger partial charge in [-0.2, -0.15) is 0 Å². The van der Waals surface area contributed by atoms with Crippen LogP contribution in [0.3, 0.4) is 0 Å².